The summed E-state index contributed by atoms with van der Waals surface area (Å²) < 4.78 is 5.10. The van der Waals surface area contributed by atoms with Gasteiger partial charge in [-0.15, -0.1) is 0 Å². The van der Waals surface area contributed by atoms with Crippen molar-refractivity contribution in [3.63, 3.8) is 0 Å². The van der Waals surface area contributed by atoms with Crippen molar-refractivity contribution >= 4 is 0 Å². The van der Waals surface area contributed by atoms with Gasteiger partial charge in [-0.25, -0.2) is 0 Å². The van der Waals surface area contributed by atoms with Gasteiger partial charge in [0.1, 0.15) is 0 Å². The van der Waals surface area contributed by atoms with Gasteiger partial charge in [0, 0.05) is 13.7 Å². The lowest BCUT2D eigenvalue weighted by atomic mass is 10.00. The van der Waals surface area contributed by atoms with Crippen LogP contribution in [0.1, 0.15) is 27.7 Å². The molecule has 0 N–H and O–H groups in total. The zero-order chi connectivity index (χ0) is 7.40. The molecule has 1 unspecified atom stereocenters. The second-order valence-corrected chi connectivity index (χ2v) is 3.23. The Morgan fingerprint density at radius 1 is 1.42 bits per heavy atom. The summed E-state index contributed by atoms with van der Waals surface area (Å²) in [5.41, 5.74) is 0. The van der Waals surface area contributed by atoms with E-state index in [1.165, 1.54) is 25.9 Å². The number of ether oxygens (including phenoxy) is 1. The van der Waals surface area contributed by atoms with E-state index in [0.29, 0.717) is 0 Å². The third kappa shape index (κ3) is 4.73. The molecule has 0 aromatic carbocycles. The zero-order valence-electron chi connectivity index (χ0n) is 6.97. The molecule has 1 heterocycles. The molecule has 0 aromatic rings. The Labute approximate surface area is 77.9 Å². The maximum Gasteiger partial charge on any atom is 0.0502 e. The van der Waals surface area contributed by atoms with E-state index in [2.05, 4.69) is 11.9 Å². The highest BCUT2D eigenvalue weighted by molar-refractivity contribution is 4.69. The average molecular weight is 175 g/mol. The van der Waals surface area contributed by atoms with E-state index < -0.39 is 0 Å². The third-order valence-corrected chi connectivity index (χ3v) is 2.12. The van der Waals surface area contributed by atoms with Gasteiger partial charge >= 0.3 is 0 Å². The number of methoxy groups -OCH3 is 1. The number of likely N-dealkylation sites (tertiary alicyclic amines) is 1. The molecule has 0 spiro atoms. The molecule has 1 saturated heterocycles. The molecule has 2 heteroatoms. The molecule has 0 aromatic heterocycles. The van der Waals surface area contributed by atoms with E-state index in [1.807, 2.05) is 0 Å². The standard InChI is InChI=1S/C8H17NO.2CH4/c1-9-5-3-4-8(6-9)7-10-2;;/h8H,3-7H2,1-2H3;2*1H4. The van der Waals surface area contributed by atoms with Crippen LogP contribution in [0.3, 0.4) is 0 Å². The van der Waals surface area contributed by atoms with Gasteiger partial charge in [0.25, 0.3) is 0 Å². The Morgan fingerprint density at radius 2 is 2.08 bits per heavy atom. The molecule has 0 bridgehead atoms. The first-order chi connectivity index (χ1) is 4.83. The maximum atomic E-state index is 5.10. The number of rotatable bonds is 2. The van der Waals surface area contributed by atoms with Crippen LogP contribution in [-0.4, -0.2) is 38.8 Å². The van der Waals surface area contributed by atoms with Crippen LogP contribution in [0, 0.1) is 5.92 Å². The van der Waals surface area contributed by atoms with Gasteiger partial charge in [0.05, 0.1) is 6.61 Å². The summed E-state index contributed by atoms with van der Waals surface area (Å²) in [4.78, 5) is 2.38. The van der Waals surface area contributed by atoms with Crippen LogP contribution in [-0.2, 0) is 4.74 Å². The molecule has 0 saturated carbocycles. The number of hydrogen-bond donors (Lipinski definition) is 0. The SMILES string of the molecule is C.C.COCC1CCCN(C)C1. The largest absolute Gasteiger partial charge is 0.384 e. The Morgan fingerprint density at radius 3 is 2.58 bits per heavy atom. The van der Waals surface area contributed by atoms with E-state index in [4.69, 9.17) is 4.74 Å². The van der Waals surface area contributed by atoms with Crippen LogP contribution in [0.4, 0.5) is 0 Å². The van der Waals surface area contributed by atoms with Gasteiger partial charge in [0.15, 0.2) is 0 Å². The maximum absolute atomic E-state index is 5.10. The summed E-state index contributed by atoms with van der Waals surface area (Å²) in [5.74, 6) is 0.781. The number of hydrogen-bond acceptors (Lipinski definition) is 2. The highest BCUT2D eigenvalue weighted by Crippen LogP contribution is 2.14. The summed E-state index contributed by atoms with van der Waals surface area (Å²) in [7, 11) is 3.97. The van der Waals surface area contributed by atoms with Crippen LogP contribution in [0.15, 0.2) is 0 Å². The summed E-state index contributed by atoms with van der Waals surface area (Å²) in [6.07, 6.45) is 2.68. The van der Waals surface area contributed by atoms with Crippen LogP contribution in [0.2, 0.25) is 0 Å². The van der Waals surface area contributed by atoms with Gasteiger partial charge in [-0.2, -0.15) is 0 Å². The lowest BCUT2D eigenvalue weighted by Crippen LogP contribution is -2.33. The minimum Gasteiger partial charge on any atom is -0.384 e. The summed E-state index contributed by atoms with van der Waals surface area (Å²) in [6, 6.07) is 0. The normalized spacial score (nSPS) is 24.0. The highest BCUT2D eigenvalue weighted by Gasteiger charge is 2.15. The van der Waals surface area contributed by atoms with Crippen LogP contribution >= 0.6 is 0 Å². The van der Waals surface area contributed by atoms with Crippen molar-refractivity contribution in [3.8, 4) is 0 Å². The van der Waals surface area contributed by atoms with E-state index in [-0.39, 0.29) is 14.9 Å². The van der Waals surface area contributed by atoms with Crippen molar-refractivity contribution in [2.45, 2.75) is 27.7 Å². The van der Waals surface area contributed by atoms with Crippen molar-refractivity contribution in [2.24, 2.45) is 5.92 Å². The molecule has 0 aliphatic carbocycles. The third-order valence-electron chi connectivity index (χ3n) is 2.12. The molecule has 0 radical (unpaired) electrons. The van der Waals surface area contributed by atoms with E-state index in [0.717, 1.165) is 12.5 Å². The zero-order valence-corrected chi connectivity index (χ0v) is 6.97. The molecule has 1 aliphatic heterocycles. The molecule has 1 atom stereocenters. The molecular weight excluding hydrogens is 150 g/mol. The van der Waals surface area contributed by atoms with Crippen molar-refractivity contribution < 1.29 is 4.74 Å². The second-order valence-electron chi connectivity index (χ2n) is 3.23. The fourth-order valence-corrected chi connectivity index (χ4v) is 1.64. The Bertz CT molecular complexity index is 93.8. The second kappa shape index (κ2) is 7.56. The van der Waals surface area contributed by atoms with Crippen LogP contribution in [0.25, 0.3) is 0 Å². The van der Waals surface area contributed by atoms with Crippen molar-refractivity contribution in [1.82, 2.24) is 4.90 Å². The van der Waals surface area contributed by atoms with Gasteiger partial charge in [-0.3, -0.25) is 0 Å². The summed E-state index contributed by atoms with van der Waals surface area (Å²) in [6.45, 7) is 3.42. The minimum atomic E-state index is 0. The summed E-state index contributed by atoms with van der Waals surface area (Å²) >= 11 is 0. The smallest absolute Gasteiger partial charge is 0.0502 e. The van der Waals surface area contributed by atoms with Crippen molar-refractivity contribution in [2.75, 3.05) is 33.9 Å². The van der Waals surface area contributed by atoms with E-state index >= 15 is 0 Å². The molecule has 1 rings (SSSR count). The van der Waals surface area contributed by atoms with Gasteiger partial charge in [-0.1, -0.05) is 14.9 Å². The fourth-order valence-electron chi connectivity index (χ4n) is 1.64. The molecule has 12 heavy (non-hydrogen) atoms. The number of piperidine rings is 1. The molecule has 2 nitrogen and oxygen atoms in total. The Kier molecular flexibility index (Phi) is 9.10. The van der Waals surface area contributed by atoms with Crippen LogP contribution < -0.4 is 0 Å². The lowest BCUT2D eigenvalue weighted by molar-refractivity contribution is 0.102. The number of nitrogens with zero attached hydrogens (tertiary/aromatic N) is 1. The minimum absolute atomic E-state index is 0. The predicted molar refractivity (Wildman–Crippen MR) is 55.6 cm³/mol. The Hall–Kier alpha value is -0.0800. The van der Waals surface area contributed by atoms with Gasteiger partial charge in [-0.05, 0) is 32.4 Å². The van der Waals surface area contributed by atoms with Crippen molar-refractivity contribution in [3.05, 3.63) is 0 Å². The quantitative estimate of drug-likeness (QED) is 0.638. The molecule has 0 amide bonds. The van der Waals surface area contributed by atoms with E-state index in [1.54, 1.807) is 7.11 Å². The highest BCUT2D eigenvalue weighted by atomic mass is 16.5. The first-order valence-corrected chi connectivity index (χ1v) is 4.00. The topological polar surface area (TPSA) is 12.5 Å². The van der Waals surface area contributed by atoms with Gasteiger partial charge in [0.2, 0.25) is 0 Å². The molecule has 1 fully saturated rings. The van der Waals surface area contributed by atoms with E-state index in [9.17, 15) is 0 Å². The molecule has 1 aliphatic rings. The fraction of sp³-hybridized carbons (Fsp3) is 1.00. The first kappa shape index (κ1) is 14.4. The predicted octanol–water partition coefficient (Wildman–Crippen LogP) is 2.25. The molecule has 76 valence electrons. The molecular formula is C10H25NO. The van der Waals surface area contributed by atoms with Gasteiger partial charge < -0.3 is 9.64 Å². The first-order valence-electron chi connectivity index (χ1n) is 4.00. The summed E-state index contributed by atoms with van der Waals surface area (Å²) in [5, 5.41) is 0. The monoisotopic (exact) mass is 175 g/mol. The van der Waals surface area contributed by atoms with Crippen LogP contribution in [0.5, 0.6) is 0 Å². The Balaban J connectivity index is 0. The lowest BCUT2D eigenvalue weighted by Gasteiger charge is -2.28. The van der Waals surface area contributed by atoms with Crippen molar-refractivity contribution in [1.29, 1.82) is 0 Å². The average Bonchev–Trinajstić information content (AvgIpc) is 1.88.